The van der Waals surface area contributed by atoms with Crippen LogP contribution in [0.3, 0.4) is 0 Å². The summed E-state index contributed by atoms with van der Waals surface area (Å²) in [5.74, 6) is 0.571. The molecule has 2 heteroatoms. The zero-order valence-electron chi connectivity index (χ0n) is 6.01. The Morgan fingerprint density at radius 1 is 1.56 bits per heavy atom. The van der Waals surface area contributed by atoms with Gasteiger partial charge in [0, 0.05) is 5.92 Å². The SMILES string of the molecule is CC1CC[C@@H](CO)C[NH2+]1. The molecule has 54 valence electrons. The molecule has 0 aromatic rings. The van der Waals surface area contributed by atoms with Crippen LogP contribution in [0.5, 0.6) is 0 Å². The van der Waals surface area contributed by atoms with Gasteiger partial charge in [-0.3, -0.25) is 0 Å². The molecule has 1 aliphatic rings. The second-order valence-corrected chi connectivity index (χ2v) is 3.07. The maximum atomic E-state index is 8.76. The zero-order valence-corrected chi connectivity index (χ0v) is 6.01. The molecule has 1 heterocycles. The third kappa shape index (κ3) is 1.95. The minimum atomic E-state index is 0.378. The number of nitrogens with two attached hydrogens (primary N) is 1. The lowest BCUT2D eigenvalue weighted by Crippen LogP contribution is -2.92. The maximum absolute atomic E-state index is 8.76. The minimum absolute atomic E-state index is 0.378. The fraction of sp³-hybridized carbons (Fsp3) is 1.00. The van der Waals surface area contributed by atoms with Gasteiger partial charge in [0.25, 0.3) is 0 Å². The van der Waals surface area contributed by atoms with Crippen molar-refractivity contribution in [1.29, 1.82) is 0 Å². The summed E-state index contributed by atoms with van der Waals surface area (Å²) in [6.45, 7) is 3.74. The van der Waals surface area contributed by atoms with Crippen LogP contribution in [0.25, 0.3) is 0 Å². The number of aliphatic hydroxyl groups excluding tert-OH is 1. The molecule has 2 nitrogen and oxygen atoms in total. The van der Waals surface area contributed by atoms with E-state index in [4.69, 9.17) is 5.11 Å². The van der Waals surface area contributed by atoms with E-state index in [-0.39, 0.29) is 0 Å². The van der Waals surface area contributed by atoms with Crippen molar-refractivity contribution in [1.82, 2.24) is 0 Å². The summed E-state index contributed by atoms with van der Waals surface area (Å²) in [4.78, 5) is 0. The first-order chi connectivity index (χ1) is 4.33. The van der Waals surface area contributed by atoms with Crippen molar-refractivity contribution in [3.8, 4) is 0 Å². The van der Waals surface area contributed by atoms with E-state index in [0.29, 0.717) is 12.5 Å². The average Bonchev–Trinajstić information content (AvgIpc) is 1.90. The van der Waals surface area contributed by atoms with Gasteiger partial charge in [0.05, 0.1) is 19.2 Å². The van der Waals surface area contributed by atoms with Crippen LogP contribution < -0.4 is 5.32 Å². The highest BCUT2D eigenvalue weighted by Gasteiger charge is 2.19. The van der Waals surface area contributed by atoms with Crippen LogP contribution in [0.2, 0.25) is 0 Å². The summed E-state index contributed by atoms with van der Waals surface area (Å²) >= 11 is 0. The van der Waals surface area contributed by atoms with Gasteiger partial charge in [-0.15, -0.1) is 0 Å². The van der Waals surface area contributed by atoms with Crippen molar-refractivity contribution >= 4 is 0 Å². The molecule has 2 atom stereocenters. The van der Waals surface area contributed by atoms with Gasteiger partial charge < -0.3 is 10.4 Å². The standard InChI is InChI=1S/C7H15NO/c1-6-2-3-7(5-9)4-8-6/h6-9H,2-5H2,1H3/p+1/t6?,7-/m1/s1. The molecule has 0 radical (unpaired) electrons. The lowest BCUT2D eigenvalue weighted by atomic mass is 9.96. The number of rotatable bonds is 1. The molecular weight excluding hydrogens is 114 g/mol. The molecule has 0 aromatic heterocycles. The smallest absolute Gasteiger partial charge is 0.0830 e. The van der Waals surface area contributed by atoms with E-state index in [1.54, 1.807) is 0 Å². The van der Waals surface area contributed by atoms with Crippen LogP contribution in [0.1, 0.15) is 19.8 Å². The van der Waals surface area contributed by atoms with Crippen molar-refractivity contribution in [2.24, 2.45) is 5.92 Å². The van der Waals surface area contributed by atoms with Gasteiger partial charge in [0.2, 0.25) is 0 Å². The largest absolute Gasteiger partial charge is 0.396 e. The predicted octanol–water partition coefficient (Wildman–Crippen LogP) is -0.659. The molecular formula is C7H16NO+. The van der Waals surface area contributed by atoms with Gasteiger partial charge in [-0.1, -0.05) is 0 Å². The molecule has 0 bridgehead atoms. The molecule has 0 aliphatic carbocycles. The Morgan fingerprint density at radius 3 is 2.78 bits per heavy atom. The Bertz CT molecular complexity index is 77.0. The normalized spacial score (nSPS) is 36.7. The van der Waals surface area contributed by atoms with Gasteiger partial charge in [0.15, 0.2) is 0 Å². The first-order valence-electron chi connectivity index (χ1n) is 3.77. The maximum Gasteiger partial charge on any atom is 0.0830 e. The van der Waals surface area contributed by atoms with E-state index in [9.17, 15) is 0 Å². The monoisotopic (exact) mass is 130 g/mol. The molecule has 0 saturated carbocycles. The van der Waals surface area contributed by atoms with Crippen LogP contribution in [0.4, 0.5) is 0 Å². The van der Waals surface area contributed by atoms with E-state index >= 15 is 0 Å². The molecule has 1 unspecified atom stereocenters. The summed E-state index contributed by atoms with van der Waals surface area (Å²) in [5, 5.41) is 11.1. The molecule has 3 N–H and O–H groups in total. The van der Waals surface area contributed by atoms with Crippen LogP contribution in [0, 0.1) is 5.92 Å². The van der Waals surface area contributed by atoms with Gasteiger partial charge in [0.1, 0.15) is 0 Å². The zero-order chi connectivity index (χ0) is 6.69. The van der Waals surface area contributed by atoms with Crippen LogP contribution in [-0.4, -0.2) is 24.3 Å². The summed E-state index contributed by atoms with van der Waals surface area (Å²) < 4.78 is 0. The lowest BCUT2D eigenvalue weighted by Gasteiger charge is -2.22. The summed E-state index contributed by atoms with van der Waals surface area (Å²) in [7, 11) is 0. The Kier molecular flexibility index (Phi) is 2.49. The molecule has 1 rings (SSSR count). The highest BCUT2D eigenvalue weighted by molar-refractivity contribution is 4.61. The minimum Gasteiger partial charge on any atom is -0.396 e. The fourth-order valence-corrected chi connectivity index (χ4v) is 1.32. The van der Waals surface area contributed by atoms with Crippen molar-refractivity contribution in [3.63, 3.8) is 0 Å². The molecule has 1 aliphatic heterocycles. The molecule has 1 fully saturated rings. The van der Waals surface area contributed by atoms with Gasteiger partial charge in [-0.05, 0) is 19.8 Å². The fourth-order valence-electron chi connectivity index (χ4n) is 1.32. The van der Waals surface area contributed by atoms with E-state index in [0.717, 1.165) is 12.6 Å². The number of hydrogen-bond acceptors (Lipinski definition) is 1. The van der Waals surface area contributed by atoms with Crippen molar-refractivity contribution in [3.05, 3.63) is 0 Å². The Labute approximate surface area is 56.3 Å². The number of hydrogen-bond donors (Lipinski definition) is 2. The average molecular weight is 130 g/mol. The van der Waals surface area contributed by atoms with E-state index in [1.165, 1.54) is 12.8 Å². The van der Waals surface area contributed by atoms with Crippen LogP contribution in [-0.2, 0) is 0 Å². The third-order valence-corrected chi connectivity index (χ3v) is 2.16. The topological polar surface area (TPSA) is 36.8 Å². The Hall–Kier alpha value is -0.0800. The van der Waals surface area contributed by atoms with E-state index < -0.39 is 0 Å². The Morgan fingerprint density at radius 2 is 2.33 bits per heavy atom. The van der Waals surface area contributed by atoms with Gasteiger partial charge in [-0.2, -0.15) is 0 Å². The number of aliphatic hydroxyl groups is 1. The highest BCUT2D eigenvalue weighted by atomic mass is 16.3. The van der Waals surface area contributed by atoms with Crippen molar-refractivity contribution < 1.29 is 10.4 Å². The second kappa shape index (κ2) is 3.18. The van der Waals surface area contributed by atoms with Crippen molar-refractivity contribution in [2.45, 2.75) is 25.8 Å². The summed E-state index contributed by atoms with van der Waals surface area (Å²) in [5.41, 5.74) is 0. The van der Waals surface area contributed by atoms with Gasteiger partial charge >= 0.3 is 0 Å². The van der Waals surface area contributed by atoms with E-state index in [1.807, 2.05) is 0 Å². The third-order valence-electron chi connectivity index (χ3n) is 2.16. The predicted molar refractivity (Wildman–Crippen MR) is 36.1 cm³/mol. The summed E-state index contributed by atoms with van der Waals surface area (Å²) in [6.07, 6.45) is 2.49. The number of piperidine rings is 1. The van der Waals surface area contributed by atoms with Crippen LogP contribution in [0.15, 0.2) is 0 Å². The Balaban J connectivity index is 2.18. The molecule has 1 saturated heterocycles. The second-order valence-electron chi connectivity index (χ2n) is 3.07. The molecule has 9 heavy (non-hydrogen) atoms. The van der Waals surface area contributed by atoms with E-state index in [2.05, 4.69) is 12.2 Å². The molecule has 0 amide bonds. The first-order valence-corrected chi connectivity index (χ1v) is 3.77. The number of quaternary nitrogens is 1. The first kappa shape index (κ1) is 7.03. The molecule has 0 aromatic carbocycles. The molecule has 0 spiro atoms. The summed E-state index contributed by atoms with van der Waals surface area (Å²) in [6, 6.07) is 0.785. The van der Waals surface area contributed by atoms with Gasteiger partial charge in [-0.25, -0.2) is 0 Å². The quantitative estimate of drug-likeness (QED) is 0.486. The lowest BCUT2D eigenvalue weighted by molar-refractivity contribution is -0.700. The van der Waals surface area contributed by atoms with Crippen LogP contribution >= 0.6 is 0 Å². The van der Waals surface area contributed by atoms with Crippen molar-refractivity contribution in [2.75, 3.05) is 13.2 Å². The highest BCUT2D eigenvalue weighted by Crippen LogP contribution is 2.07.